The Morgan fingerprint density at radius 1 is 1.31 bits per heavy atom. The van der Waals surface area contributed by atoms with E-state index in [2.05, 4.69) is 34.0 Å². The molecule has 2 aromatic rings. The minimum atomic E-state index is 0.429. The van der Waals surface area contributed by atoms with Gasteiger partial charge < -0.3 is 0 Å². The molecular formula is C9H14ClN5S. The number of fused-ring (bicyclic) bond motifs is 1. The monoisotopic (exact) mass is 259 g/mol. The van der Waals surface area contributed by atoms with Crippen molar-refractivity contribution in [1.82, 2.24) is 24.7 Å². The second kappa shape index (κ2) is 5.07. The number of halogens is 1. The van der Waals surface area contributed by atoms with Gasteiger partial charge in [0.2, 0.25) is 4.96 Å². The van der Waals surface area contributed by atoms with E-state index in [1.54, 1.807) is 4.52 Å². The van der Waals surface area contributed by atoms with Crippen LogP contribution in [0.2, 0.25) is 0 Å². The van der Waals surface area contributed by atoms with Crippen molar-refractivity contribution in [1.29, 1.82) is 0 Å². The Hall–Kier alpha value is -0.720. The van der Waals surface area contributed by atoms with E-state index >= 15 is 0 Å². The molecule has 0 radical (unpaired) electrons. The van der Waals surface area contributed by atoms with E-state index < -0.39 is 0 Å². The maximum absolute atomic E-state index is 5.74. The molecule has 7 heteroatoms. The molecule has 0 aliphatic heterocycles. The molecule has 2 rings (SSSR count). The van der Waals surface area contributed by atoms with E-state index in [1.807, 2.05) is 0 Å². The zero-order chi connectivity index (χ0) is 11.5. The van der Waals surface area contributed by atoms with Crippen molar-refractivity contribution < 1.29 is 0 Å². The lowest BCUT2D eigenvalue weighted by atomic mass is 10.4. The molecule has 0 aliphatic rings. The van der Waals surface area contributed by atoms with Gasteiger partial charge in [0.25, 0.3) is 0 Å². The third-order valence-electron chi connectivity index (χ3n) is 2.47. The van der Waals surface area contributed by atoms with Crippen molar-refractivity contribution in [2.75, 3.05) is 13.1 Å². The zero-order valence-electron chi connectivity index (χ0n) is 9.35. The predicted octanol–water partition coefficient (Wildman–Crippen LogP) is 1.77. The fourth-order valence-electron chi connectivity index (χ4n) is 1.50. The molecule has 0 saturated heterocycles. The molecule has 0 aliphatic carbocycles. The van der Waals surface area contributed by atoms with Crippen LogP contribution in [0, 0.1) is 0 Å². The molecule has 2 aromatic heterocycles. The van der Waals surface area contributed by atoms with Crippen LogP contribution < -0.4 is 0 Å². The van der Waals surface area contributed by atoms with Crippen LogP contribution in [0.15, 0.2) is 0 Å². The van der Waals surface area contributed by atoms with Gasteiger partial charge in [-0.1, -0.05) is 25.2 Å². The van der Waals surface area contributed by atoms with Gasteiger partial charge in [-0.2, -0.15) is 9.61 Å². The van der Waals surface area contributed by atoms with Crippen molar-refractivity contribution in [3.05, 3.63) is 10.8 Å². The average molecular weight is 260 g/mol. The lowest BCUT2D eigenvalue weighted by Gasteiger charge is -2.15. The summed E-state index contributed by atoms with van der Waals surface area (Å²) in [6, 6.07) is 0. The second-order valence-corrected chi connectivity index (χ2v) is 4.71. The highest BCUT2D eigenvalue weighted by Gasteiger charge is 2.12. The quantitative estimate of drug-likeness (QED) is 0.768. The summed E-state index contributed by atoms with van der Waals surface area (Å²) in [5.74, 6) is 1.31. The van der Waals surface area contributed by atoms with Crippen LogP contribution >= 0.6 is 22.9 Å². The molecule has 0 N–H and O–H groups in total. The average Bonchev–Trinajstić information content (AvgIpc) is 2.86. The van der Waals surface area contributed by atoms with Crippen LogP contribution in [0.3, 0.4) is 0 Å². The Bertz CT molecular complexity index is 461. The van der Waals surface area contributed by atoms with E-state index in [0.717, 1.165) is 35.4 Å². The van der Waals surface area contributed by atoms with Crippen molar-refractivity contribution in [3.63, 3.8) is 0 Å². The highest BCUT2D eigenvalue weighted by Crippen LogP contribution is 2.16. The molecule has 0 atom stereocenters. The second-order valence-electron chi connectivity index (χ2n) is 3.40. The summed E-state index contributed by atoms with van der Waals surface area (Å²) in [6.07, 6.45) is 0. The number of aromatic nitrogens is 4. The molecule has 0 unspecified atom stereocenters. The fraction of sp³-hybridized carbons (Fsp3) is 0.667. The van der Waals surface area contributed by atoms with Crippen molar-refractivity contribution in [2.45, 2.75) is 26.3 Å². The summed E-state index contributed by atoms with van der Waals surface area (Å²) in [5.41, 5.74) is 0. The SMILES string of the molecule is CCN(CC)Cc1nnc2sc(CCl)nn12. The summed E-state index contributed by atoms with van der Waals surface area (Å²) in [5, 5.41) is 13.5. The highest BCUT2D eigenvalue weighted by atomic mass is 35.5. The minimum absolute atomic E-state index is 0.429. The van der Waals surface area contributed by atoms with Gasteiger partial charge >= 0.3 is 0 Å². The van der Waals surface area contributed by atoms with Gasteiger partial charge in [0, 0.05) is 0 Å². The first kappa shape index (κ1) is 11.8. The number of nitrogens with zero attached hydrogens (tertiary/aromatic N) is 5. The molecule has 0 aromatic carbocycles. The molecular weight excluding hydrogens is 246 g/mol. The third kappa shape index (κ3) is 2.18. The number of alkyl halides is 1. The summed E-state index contributed by atoms with van der Waals surface area (Å²) in [4.78, 5) is 3.09. The summed E-state index contributed by atoms with van der Waals surface area (Å²) >= 11 is 7.23. The fourth-order valence-corrected chi connectivity index (χ4v) is 2.42. The van der Waals surface area contributed by atoms with Crippen LogP contribution in [0.4, 0.5) is 0 Å². The summed E-state index contributed by atoms with van der Waals surface area (Å²) in [7, 11) is 0. The number of hydrogen-bond donors (Lipinski definition) is 0. The van der Waals surface area contributed by atoms with Crippen LogP contribution in [0.25, 0.3) is 4.96 Å². The van der Waals surface area contributed by atoms with Gasteiger partial charge in [-0.15, -0.1) is 21.8 Å². The number of hydrogen-bond acceptors (Lipinski definition) is 5. The smallest absolute Gasteiger partial charge is 0.234 e. The van der Waals surface area contributed by atoms with Crippen LogP contribution in [0.5, 0.6) is 0 Å². The maximum Gasteiger partial charge on any atom is 0.234 e. The first-order valence-corrected chi connectivity index (χ1v) is 6.61. The lowest BCUT2D eigenvalue weighted by Crippen LogP contribution is -2.23. The van der Waals surface area contributed by atoms with Crippen LogP contribution in [-0.2, 0) is 12.4 Å². The first-order valence-electron chi connectivity index (χ1n) is 5.26. The Morgan fingerprint density at radius 2 is 2.06 bits per heavy atom. The lowest BCUT2D eigenvalue weighted by molar-refractivity contribution is 0.286. The summed E-state index contributed by atoms with van der Waals surface area (Å²) in [6.45, 7) is 7.04. The van der Waals surface area contributed by atoms with E-state index in [9.17, 15) is 0 Å². The molecule has 0 fully saturated rings. The Labute approximate surface area is 103 Å². The van der Waals surface area contributed by atoms with E-state index in [1.165, 1.54) is 11.3 Å². The van der Waals surface area contributed by atoms with Crippen LogP contribution in [-0.4, -0.2) is 37.8 Å². The molecule has 16 heavy (non-hydrogen) atoms. The van der Waals surface area contributed by atoms with Gasteiger partial charge in [-0.3, -0.25) is 4.90 Å². The molecule has 0 bridgehead atoms. The molecule has 5 nitrogen and oxygen atoms in total. The minimum Gasteiger partial charge on any atom is -0.296 e. The largest absolute Gasteiger partial charge is 0.296 e. The molecule has 0 spiro atoms. The Balaban J connectivity index is 2.26. The number of rotatable bonds is 5. The third-order valence-corrected chi connectivity index (χ3v) is 3.78. The van der Waals surface area contributed by atoms with Crippen LogP contribution in [0.1, 0.15) is 24.7 Å². The van der Waals surface area contributed by atoms with Crippen molar-refractivity contribution in [3.8, 4) is 0 Å². The first-order chi connectivity index (χ1) is 7.78. The predicted molar refractivity (Wildman–Crippen MR) is 64.8 cm³/mol. The van der Waals surface area contributed by atoms with E-state index in [4.69, 9.17) is 11.6 Å². The molecule has 2 heterocycles. The van der Waals surface area contributed by atoms with E-state index in [-0.39, 0.29) is 0 Å². The maximum atomic E-state index is 5.74. The standard InChI is InChI=1S/C9H14ClN5S/c1-3-14(4-2)6-7-11-12-9-15(7)13-8(5-10)16-9/h3-6H2,1-2H3. The van der Waals surface area contributed by atoms with Crippen molar-refractivity contribution in [2.24, 2.45) is 0 Å². The van der Waals surface area contributed by atoms with Gasteiger partial charge in [0.05, 0.1) is 12.4 Å². The Kier molecular flexibility index (Phi) is 3.73. The zero-order valence-corrected chi connectivity index (χ0v) is 10.9. The molecule has 88 valence electrons. The highest BCUT2D eigenvalue weighted by molar-refractivity contribution is 7.16. The van der Waals surface area contributed by atoms with Gasteiger partial charge in [-0.05, 0) is 13.1 Å². The molecule has 0 saturated carbocycles. The molecule has 0 amide bonds. The van der Waals surface area contributed by atoms with Crippen molar-refractivity contribution >= 4 is 27.9 Å². The topological polar surface area (TPSA) is 46.3 Å². The van der Waals surface area contributed by atoms with Gasteiger partial charge in [0.15, 0.2) is 5.82 Å². The van der Waals surface area contributed by atoms with Gasteiger partial charge in [0.1, 0.15) is 5.01 Å². The Morgan fingerprint density at radius 3 is 2.69 bits per heavy atom. The van der Waals surface area contributed by atoms with E-state index in [0.29, 0.717) is 5.88 Å². The summed E-state index contributed by atoms with van der Waals surface area (Å²) < 4.78 is 1.79. The van der Waals surface area contributed by atoms with Gasteiger partial charge in [-0.25, -0.2) is 0 Å². The normalized spacial score (nSPS) is 11.8.